The quantitative estimate of drug-likeness (QED) is 0.602. The van der Waals surface area contributed by atoms with E-state index in [1.807, 2.05) is 20.8 Å². The molecule has 1 fully saturated rings. The number of hydrogen-bond donors (Lipinski definition) is 2. The normalized spacial score (nSPS) is 41.2. The molecule has 12 heavy (non-hydrogen) atoms. The van der Waals surface area contributed by atoms with E-state index >= 15 is 0 Å². The molecule has 0 bridgehead atoms. The van der Waals surface area contributed by atoms with E-state index in [1.165, 1.54) is 0 Å². The van der Waals surface area contributed by atoms with Crippen LogP contribution in [-0.2, 0) is 4.74 Å². The van der Waals surface area contributed by atoms with Crippen molar-refractivity contribution >= 4 is 0 Å². The third kappa shape index (κ3) is 1.26. The molecule has 0 aliphatic carbocycles. The molecule has 1 rings (SSSR count). The summed E-state index contributed by atoms with van der Waals surface area (Å²) >= 11 is 0. The molecule has 3 heteroatoms. The first-order chi connectivity index (χ1) is 5.44. The fourth-order valence-electron chi connectivity index (χ4n) is 1.81. The first-order valence-electron chi connectivity index (χ1n) is 4.41. The van der Waals surface area contributed by atoms with E-state index in [4.69, 9.17) is 10.5 Å². The van der Waals surface area contributed by atoms with Gasteiger partial charge in [-0.25, -0.2) is 0 Å². The second kappa shape index (κ2) is 2.98. The molecule has 72 valence electrons. The summed E-state index contributed by atoms with van der Waals surface area (Å²) in [5.41, 5.74) is 5.52. The molecule has 0 saturated carbocycles. The van der Waals surface area contributed by atoms with Crippen LogP contribution >= 0.6 is 0 Å². The lowest BCUT2D eigenvalue weighted by molar-refractivity contribution is -0.101. The van der Waals surface area contributed by atoms with E-state index in [-0.39, 0.29) is 17.9 Å². The number of aliphatic hydroxyl groups excluding tert-OH is 1. The number of nitrogens with two attached hydrogens (primary N) is 1. The maximum absolute atomic E-state index is 9.28. The van der Waals surface area contributed by atoms with Crippen molar-refractivity contribution in [1.29, 1.82) is 0 Å². The summed E-state index contributed by atoms with van der Waals surface area (Å²) < 4.78 is 5.40. The molecule has 1 heterocycles. The van der Waals surface area contributed by atoms with Crippen LogP contribution < -0.4 is 5.73 Å². The lowest BCUT2D eigenvalue weighted by atomic mass is 9.66. The highest BCUT2D eigenvalue weighted by Gasteiger charge is 2.48. The van der Waals surface area contributed by atoms with Crippen LogP contribution in [0.3, 0.4) is 0 Å². The number of hydrogen-bond acceptors (Lipinski definition) is 3. The molecule has 1 aliphatic heterocycles. The molecule has 1 aliphatic rings. The highest BCUT2D eigenvalue weighted by molar-refractivity contribution is 5.03. The first kappa shape index (κ1) is 9.96. The van der Waals surface area contributed by atoms with Gasteiger partial charge in [-0.3, -0.25) is 0 Å². The zero-order valence-corrected chi connectivity index (χ0v) is 8.13. The van der Waals surface area contributed by atoms with Gasteiger partial charge >= 0.3 is 0 Å². The zero-order valence-electron chi connectivity index (χ0n) is 8.13. The van der Waals surface area contributed by atoms with Crippen molar-refractivity contribution in [3.63, 3.8) is 0 Å². The zero-order chi connectivity index (χ0) is 9.41. The Morgan fingerprint density at radius 3 is 2.50 bits per heavy atom. The maximum atomic E-state index is 9.28. The molecule has 0 spiro atoms. The monoisotopic (exact) mass is 173 g/mol. The van der Waals surface area contributed by atoms with Gasteiger partial charge in [-0.2, -0.15) is 0 Å². The van der Waals surface area contributed by atoms with Gasteiger partial charge in [0.2, 0.25) is 0 Å². The van der Waals surface area contributed by atoms with Crippen molar-refractivity contribution in [2.75, 3.05) is 19.8 Å². The van der Waals surface area contributed by atoms with Gasteiger partial charge in [0.15, 0.2) is 0 Å². The Kier molecular flexibility index (Phi) is 2.47. The Balaban J connectivity index is 2.88. The van der Waals surface area contributed by atoms with Gasteiger partial charge in [0, 0.05) is 11.3 Å². The third-order valence-electron chi connectivity index (χ3n) is 3.23. The van der Waals surface area contributed by atoms with Gasteiger partial charge in [0.1, 0.15) is 0 Å². The first-order valence-corrected chi connectivity index (χ1v) is 4.41. The SMILES string of the molecule is CC1COCC(C)(C)C1(N)CO. The molecule has 0 aromatic heterocycles. The molecule has 0 radical (unpaired) electrons. The van der Waals surface area contributed by atoms with Gasteiger partial charge < -0.3 is 15.6 Å². The van der Waals surface area contributed by atoms with Crippen LogP contribution in [0, 0.1) is 11.3 Å². The van der Waals surface area contributed by atoms with Crippen LogP contribution in [-0.4, -0.2) is 30.5 Å². The van der Waals surface area contributed by atoms with E-state index in [0.717, 1.165) is 0 Å². The van der Waals surface area contributed by atoms with Gasteiger partial charge in [-0.15, -0.1) is 0 Å². The van der Waals surface area contributed by atoms with Gasteiger partial charge in [0.05, 0.1) is 25.4 Å². The van der Waals surface area contributed by atoms with Crippen molar-refractivity contribution in [2.45, 2.75) is 26.3 Å². The molecule has 3 N–H and O–H groups in total. The van der Waals surface area contributed by atoms with Crippen molar-refractivity contribution in [3.8, 4) is 0 Å². The van der Waals surface area contributed by atoms with Crippen LogP contribution in [0.2, 0.25) is 0 Å². The van der Waals surface area contributed by atoms with Crippen molar-refractivity contribution in [2.24, 2.45) is 17.1 Å². The Bertz CT molecular complexity index is 170. The van der Waals surface area contributed by atoms with E-state index in [0.29, 0.717) is 13.2 Å². The lowest BCUT2D eigenvalue weighted by Crippen LogP contribution is -2.65. The van der Waals surface area contributed by atoms with Gasteiger partial charge in [0.25, 0.3) is 0 Å². The largest absolute Gasteiger partial charge is 0.394 e. The van der Waals surface area contributed by atoms with E-state index in [9.17, 15) is 5.11 Å². The second-order valence-electron chi connectivity index (χ2n) is 4.50. The Hall–Kier alpha value is -0.120. The summed E-state index contributed by atoms with van der Waals surface area (Å²) in [5.74, 6) is 0.214. The average Bonchev–Trinajstić information content (AvgIpc) is 2.00. The van der Waals surface area contributed by atoms with Crippen LogP contribution in [0.1, 0.15) is 20.8 Å². The summed E-state index contributed by atoms with van der Waals surface area (Å²) in [4.78, 5) is 0. The third-order valence-corrected chi connectivity index (χ3v) is 3.23. The second-order valence-corrected chi connectivity index (χ2v) is 4.50. The Morgan fingerprint density at radius 1 is 1.58 bits per heavy atom. The minimum absolute atomic E-state index is 0.0323. The van der Waals surface area contributed by atoms with Crippen molar-refractivity contribution in [3.05, 3.63) is 0 Å². The fraction of sp³-hybridized carbons (Fsp3) is 1.00. The van der Waals surface area contributed by atoms with Gasteiger partial charge in [-0.05, 0) is 0 Å². The Morgan fingerprint density at radius 2 is 2.17 bits per heavy atom. The maximum Gasteiger partial charge on any atom is 0.0620 e. The van der Waals surface area contributed by atoms with E-state index in [2.05, 4.69) is 0 Å². The molecule has 0 aromatic carbocycles. The van der Waals surface area contributed by atoms with Crippen molar-refractivity contribution < 1.29 is 9.84 Å². The molecular weight excluding hydrogens is 154 g/mol. The molecule has 0 aromatic rings. The highest BCUT2D eigenvalue weighted by atomic mass is 16.5. The molecule has 0 amide bonds. The average molecular weight is 173 g/mol. The smallest absolute Gasteiger partial charge is 0.0620 e. The van der Waals surface area contributed by atoms with Crippen LogP contribution in [0.4, 0.5) is 0 Å². The van der Waals surface area contributed by atoms with Crippen LogP contribution in [0.25, 0.3) is 0 Å². The summed E-state index contributed by atoms with van der Waals surface area (Å²) in [7, 11) is 0. The highest BCUT2D eigenvalue weighted by Crippen LogP contribution is 2.38. The minimum atomic E-state index is -0.495. The predicted molar refractivity (Wildman–Crippen MR) is 47.8 cm³/mol. The van der Waals surface area contributed by atoms with Gasteiger partial charge in [-0.1, -0.05) is 20.8 Å². The lowest BCUT2D eigenvalue weighted by Gasteiger charge is -2.50. The fourth-order valence-corrected chi connectivity index (χ4v) is 1.81. The summed E-state index contributed by atoms with van der Waals surface area (Å²) in [5, 5.41) is 9.28. The van der Waals surface area contributed by atoms with Crippen LogP contribution in [0.15, 0.2) is 0 Å². The molecule has 2 atom stereocenters. The number of ether oxygens (including phenoxy) is 1. The van der Waals surface area contributed by atoms with E-state index in [1.54, 1.807) is 0 Å². The summed E-state index contributed by atoms with van der Waals surface area (Å²) in [6.45, 7) is 7.42. The minimum Gasteiger partial charge on any atom is -0.394 e. The standard InChI is InChI=1S/C9H19NO2/c1-7-4-12-6-8(2,3)9(7,10)5-11/h7,11H,4-6,10H2,1-3H3. The molecular formula is C9H19NO2. The molecule has 3 nitrogen and oxygen atoms in total. The van der Waals surface area contributed by atoms with E-state index < -0.39 is 5.54 Å². The van der Waals surface area contributed by atoms with Crippen LogP contribution in [0.5, 0.6) is 0 Å². The predicted octanol–water partition coefficient (Wildman–Crippen LogP) is 0.369. The number of aliphatic hydroxyl groups is 1. The molecule has 2 unspecified atom stereocenters. The van der Waals surface area contributed by atoms with Crippen molar-refractivity contribution in [1.82, 2.24) is 0 Å². The number of rotatable bonds is 1. The Labute approximate surface area is 73.9 Å². The summed E-state index contributed by atoms with van der Waals surface area (Å²) in [6.07, 6.45) is 0. The summed E-state index contributed by atoms with van der Waals surface area (Å²) in [6, 6.07) is 0. The topological polar surface area (TPSA) is 55.5 Å². The molecule has 1 saturated heterocycles.